The molecule has 1 saturated carbocycles. The largest absolute Gasteiger partial charge is 0.393 e. The molecule has 2 bridgehead atoms. The lowest BCUT2D eigenvalue weighted by atomic mass is 9.82. The van der Waals surface area contributed by atoms with Crippen LogP contribution in [-0.4, -0.2) is 23.9 Å². The van der Waals surface area contributed by atoms with Gasteiger partial charge in [0.25, 0.3) is 0 Å². The van der Waals surface area contributed by atoms with Gasteiger partial charge in [0.1, 0.15) is 0 Å². The van der Waals surface area contributed by atoms with E-state index < -0.39 is 0 Å². The van der Waals surface area contributed by atoms with Crippen molar-refractivity contribution in [1.29, 1.82) is 0 Å². The van der Waals surface area contributed by atoms with Crippen molar-refractivity contribution in [3.05, 3.63) is 0 Å². The van der Waals surface area contributed by atoms with Crippen LogP contribution in [0.25, 0.3) is 0 Å². The van der Waals surface area contributed by atoms with Crippen LogP contribution >= 0.6 is 0 Å². The zero-order chi connectivity index (χ0) is 7.03. The molecule has 2 rings (SSSR count). The fraction of sp³-hybridized carbons (Fsp3) is 1.00. The summed E-state index contributed by atoms with van der Waals surface area (Å²) in [6, 6.07) is 0. The Hall–Kier alpha value is -0.0800. The average Bonchev–Trinajstić information content (AvgIpc) is 2.29. The lowest BCUT2D eigenvalue weighted by Crippen LogP contribution is -2.34. The van der Waals surface area contributed by atoms with E-state index in [0.717, 1.165) is 25.4 Å². The Bertz CT molecular complexity index is 131. The molecule has 2 aliphatic rings. The number of rotatable bonds is 1. The Morgan fingerprint density at radius 3 is 3.20 bits per heavy atom. The topological polar surface area (TPSA) is 29.5 Å². The number of ether oxygens (including phenoxy) is 1. The second kappa shape index (κ2) is 2.21. The average molecular weight is 142 g/mol. The molecule has 1 aliphatic carbocycles. The maximum Gasteiger partial charge on any atom is 0.0915 e. The van der Waals surface area contributed by atoms with Gasteiger partial charge >= 0.3 is 0 Å². The molecular formula is C8H14O2. The molecule has 0 aromatic carbocycles. The van der Waals surface area contributed by atoms with Crippen molar-refractivity contribution in [2.24, 2.45) is 5.92 Å². The van der Waals surface area contributed by atoms with Gasteiger partial charge < -0.3 is 9.84 Å². The quantitative estimate of drug-likeness (QED) is 0.590. The van der Waals surface area contributed by atoms with Gasteiger partial charge in [0.2, 0.25) is 0 Å². The van der Waals surface area contributed by atoms with Crippen molar-refractivity contribution >= 4 is 0 Å². The minimum Gasteiger partial charge on any atom is -0.393 e. The van der Waals surface area contributed by atoms with E-state index in [-0.39, 0.29) is 12.2 Å². The highest BCUT2D eigenvalue weighted by atomic mass is 16.5. The first kappa shape index (κ1) is 6.62. The predicted octanol–water partition coefficient (Wildman–Crippen LogP) is 0.938. The van der Waals surface area contributed by atoms with Crippen LogP contribution in [0, 0.1) is 5.92 Å². The maximum absolute atomic E-state index is 9.04. The summed E-state index contributed by atoms with van der Waals surface area (Å²) in [4.78, 5) is 0. The van der Waals surface area contributed by atoms with E-state index in [1.54, 1.807) is 0 Å². The van der Waals surface area contributed by atoms with E-state index >= 15 is 0 Å². The second-order valence-corrected chi connectivity index (χ2v) is 3.61. The van der Waals surface area contributed by atoms with Crippen molar-refractivity contribution in [2.45, 2.75) is 31.3 Å². The van der Waals surface area contributed by atoms with Gasteiger partial charge in [-0.25, -0.2) is 0 Å². The van der Waals surface area contributed by atoms with Gasteiger partial charge in [0.05, 0.1) is 18.8 Å². The summed E-state index contributed by atoms with van der Waals surface area (Å²) < 4.78 is 5.56. The molecule has 2 unspecified atom stereocenters. The summed E-state index contributed by atoms with van der Waals surface area (Å²) in [7, 11) is 0. The monoisotopic (exact) mass is 142 g/mol. The lowest BCUT2D eigenvalue weighted by molar-refractivity contribution is -0.0436. The molecular weight excluding hydrogens is 128 g/mol. The van der Waals surface area contributed by atoms with Crippen LogP contribution in [0.3, 0.4) is 0 Å². The SMILES string of the molecule is OCC12CCCC(CO1)C2. The predicted molar refractivity (Wildman–Crippen MR) is 37.7 cm³/mol. The smallest absolute Gasteiger partial charge is 0.0915 e. The first-order valence-electron chi connectivity index (χ1n) is 4.09. The van der Waals surface area contributed by atoms with E-state index in [0.29, 0.717) is 0 Å². The molecule has 1 saturated heterocycles. The highest BCUT2D eigenvalue weighted by Crippen LogP contribution is 2.41. The molecule has 2 fully saturated rings. The van der Waals surface area contributed by atoms with Crippen LogP contribution in [0.1, 0.15) is 25.7 Å². The Morgan fingerprint density at radius 2 is 2.50 bits per heavy atom. The first-order chi connectivity index (χ1) is 4.85. The molecule has 1 N–H and O–H groups in total. The van der Waals surface area contributed by atoms with E-state index in [2.05, 4.69) is 0 Å². The Morgan fingerprint density at radius 1 is 1.60 bits per heavy atom. The van der Waals surface area contributed by atoms with Gasteiger partial charge in [-0.15, -0.1) is 0 Å². The number of hydrogen-bond acceptors (Lipinski definition) is 2. The number of hydrogen-bond donors (Lipinski definition) is 1. The highest BCUT2D eigenvalue weighted by molar-refractivity contribution is 4.92. The van der Waals surface area contributed by atoms with Gasteiger partial charge in [-0.3, -0.25) is 0 Å². The molecule has 0 aromatic heterocycles. The van der Waals surface area contributed by atoms with Crippen LogP contribution in [0.4, 0.5) is 0 Å². The molecule has 1 heterocycles. The van der Waals surface area contributed by atoms with Crippen LogP contribution in [0.5, 0.6) is 0 Å². The third-order valence-corrected chi connectivity index (χ3v) is 2.82. The number of fused-ring (bicyclic) bond motifs is 2. The molecule has 2 atom stereocenters. The lowest BCUT2D eigenvalue weighted by Gasteiger charge is -2.28. The first-order valence-corrected chi connectivity index (χ1v) is 4.09. The Labute approximate surface area is 61.2 Å². The van der Waals surface area contributed by atoms with Gasteiger partial charge in [0.15, 0.2) is 0 Å². The summed E-state index contributed by atoms with van der Waals surface area (Å²) >= 11 is 0. The van der Waals surface area contributed by atoms with Gasteiger partial charge in [0, 0.05) is 0 Å². The van der Waals surface area contributed by atoms with Crippen LogP contribution in [0.2, 0.25) is 0 Å². The molecule has 0 radical (unpaired) electrons. The summed E-state index contributed by atoms with van der Waals surface area (Å²) in [5, 5.41) is 9.04. The standard InChI is InChI=1S/C8H14O2/c9-6-8-3-1-2-7(4-8)5-10-8/h7,9H,1-6H2. The zero-order valence-corrected chi connectivity index (χ0v) is 6.18. The maximum atomic E-state index is 9.04. The molecule has 58 valence electrons. The van der Waals surface area contributed by atoms with E-state index in [1.165, 1.54) is 12.8 Å². The Kier molecular flexibility index (Phi) is 1.46. The number of aliphatic hydroxyl groups is 1. The van der Waals surface area contributed by atoms with E-state index in [4.69, 9.17) is 9.84 Å². The fourth-order valence-corrected chi connectivity index (χ4v) is 2.20. The van der Waals surface area contributed by atoms with Crippen molar-refractivity contribution in [2.75, 3.05) is 13.2 Å². The van der Waals surface area contributed by atoms with Crippen LogP contribution in [0.15, 0.2) is 0 Å². The van der Waals surface area contributed by atoms with Crippen molar-refractivity contribution in [3.8, 4) is 0 Å². The fourth-order valence-electron chi connectivity index (χ4n) is 2.20. The van der Waals surface area contributed by atoms with Crippen molar-refractivity contribution < 1.29 is 9.84 Å². The third kappa shape index (κ3) is 0.867. The molecule has 0 aromatic rings. The molecule has 2 nitrogen and oxygen atoms in total. The zero-order valence-electron chi connectivity index (χ0n) is 6.18. The summed E-state index contributed by atoms with van der Waals surface area (Å²) in [6.07, 6.45) is 4.72. The van der Waals surface area contributed by atoms with Gasteiger partial charge in [-0.1, -0.05) is 6.42 Å². The summed E-state index contributed by atoms with van der Waals surface area (Å²) in [6.45, 7) is 1.12. The minimum atomic E-state index is -0.108. The highest BCUT2D eigenvalue weighted by Gasteiger charge is 2.42. The second-order valence-electron chi connectivity index (χ2n) is 3.61. The van der Waals surface area contributed by atoms with E-state index in [1.807, 2.05) is 0 Å². The molecule has 0 spiro atoms. The Balaban J connectivity index is 2.10. The number of aliphatic hydroxyl groups excluding tert-OH is 1. The van der Waals surface area contributed by atoms with Crippen LogP contribution in [-0.2, 0) is 4.74 Å². The van der Waals surface area contributed by atoms with Crippen molar-refractivity contribution in [3.63, 3.8) is 0 Å². The third-order valence-electron chi connectivity index (χ3n) is 2.82. The minimum absolute atomic E-state index is 0.108. The molecule has 2 heteroatoms. The van der Waals surface area contributed by atoms with Gasteiger partial charge in [-0.2, -0.15) is 0 Å². The summed E-state index contributed by atoms with van der Waals surface area (Å²) in [5.41, 5.74) is -0.108. The molecule has 10 heavy (non-hydrogen) atoms. The van der Waals surface area contributed by atoms with Gasteiger partial charge in [-0.05, 0) is 25.2 Å². The van der Waals surface area contributed by atoms with Crippen LogP contribution < -0.4 is 0 Å². The normalized spacial score (nSPS) is 45.9. The van der Waals surface area contributed by atoms with E-state index in [9.17, 15) is 0 Å². The van der Waals surface area contributed by atoms with Crippen molar-refractivity contribution in [1.82, 2.24) is 0 Å². The molecule has 1 aliphatic heterocycles. The summed E-state index contributed by atoms with van der Waals surface area (Å²) in [5.74, 6) is 0.751. The molecule has 0 amide bonds.